The molecule has 0 heterocycles. The zero-order valence-corrected chi connectivity index (χ0v) is 15.7. The summed E-state index contributed by atoms with van der Waals surface area (Å²) in [6, 6.07) is 20.3. The van der Waals surface area contributed by atoms with Crippen LogP contribution in [-0.2, 0) is 0 Å². The molecule has 0 fully saturated rings. The minimum atomic E-state index is -0.372. The molecular weight excluding hydrogens is 374 g/mol. The third-order valence-electron chi connectivity index (χ3n) is 4.15. The van der Waals surface area contributed by atoms with Gasteiger partial charge in [0.15, 0.2) is 0 Å². The van der Waals surface area contributed by atoms with Crippen molar-refractivity contribution in [2.45, 2.75) is 6.92 Å². The Hall–Kier alpha value is -3.62. The molecule has 3 rings (SSSR count). The number of nitriles is 1. The van der Waals surface area contributed by atoms with E-state index in [1.807, 2.05) is 13.0 Å². The van der Waals surface area contributed by atoms with E-state index >= 15 is 0 Å². The second-order valence-corrected chi connectivity index (χ2v) is 6.50. The molecule has 0 atom stereocenters. The third-order valence-corrected chi connectivity index (χ3v) is 4.56. The maximum absolute atomic E-state index is 12.6. The Kier molecular flexibility index (Phi) is 5.73. The van der Waals surface area contributed by atoms with E-state index in [1.165, 1.54) is 6.07 Å². The van der Waals surface area contributed by atoms with E-state index in [4.69, 9.17) is 16.9 Å². The Balaban J connectivity index is 1.77. The standard InChI is InChI=1S/C22H16ClN3O2/c1-14-19(23)9-4-10-20(14)26-22(28)17-7-3-6-16(12-17)21(27)25-18-8-2-5-15(11-18)13-24/h2-12H,1H3,(H,25,27)(H,26,28). The van der Waals surface area contributed by atoms with Crippen LogP contribution >= 0.6 is 11.6 Å². The lowest BCUT2D eigenvalue weighted by Crippen LogP contribution is -2.16. The summed E-state index contributed by atoms with van der Waals surface area (Å²) in [6.45, 7) is 1.82. The van der Waals surface area contributed by atoms with Crippen LogP contribution in [0.1, 0.15) is 31.8 Å². The second-order valence-electron chi connectivity index (χ2n) is 6.09. The highest BCUT2D eigenvalue weighted by molar-refractivity contribution is 6.31. The summed E-state index contributed by atoms with van der Waals surface area (Å²) in [6.07, 6.45) is 0. The summed E-state index contributed by atoms with van der Waals surface area (Å²) in [5, 5.41) is 15.0. The molecule has 0 saturated carbocycles. The highest BCUT2D eigenvalue weighted by atomic mass is 35.5. The highest BCUT2D eigenvalue weighted by Gasteiger charge is 2.13. The molecule has 0 saturated heterocycles. The quantitative estimate of drug-likeness (QED) is 0.656. The van der Waals surface area contributed by atoms with Crippen molar-refractivity contribution in [3.05, 3.63) is 94.0 Å². The van der Waals surface area contributed by atoms with E-state index < -0.39 is 0 Å². The topological polar surface area (TPSA) is 82.0 Å². The van der Waals surface area contributed by atoms with Gasteiger partial charge in [0, 0.05) is 27.5 Å². The smallest absolute Gasteiger partial charge is 0.255 e. The first-order chi connectivity index (χ1) is 13.5. The van der Waals surface area contributed by atoms with Crippen LogP contribution in [0.4, 0.5) is 11.4 Å². The number of hydrogen-bond acceptors (Lipinski definition) is 3. The van der Waals surface area contributed by atoms with Gasteiger partial charge in [0.2, 0.25) is 0 Å². The van der Waals surface area contributed by atoms with Crippen molar-refractivity contribution in [1.82, 2.24) is 0 Å². The van der Waals surface area contributed by atoms with Crippen molar-refractivity contribution in [2.24, 2.45) is 0 Å². The van der Waals surface area contributed by atoms with Gasteiger partial charge < -0.3 is 10.6 Å². The fourth-order valence-electron chi connectivity index (χ4n) is 2.61. The fraction of sp³-hybridized carbons (Fsp3) is 0.0455. The molecule has 0 aliphatic carbocycles. The lowest BCUT2D eigenvalue weighted by Gasteiger charge is -2.10. The van der Waals surface area contributed by atoms with Crippen LogP contribution in [0, 0.1) is 18.3 Å². The van der Waals surface area contributed by atoms with E-state index in [9.17, 15) is 9.59 Å². The number of hydrogen-bond donors (Lipinski definition) is 2. The Morgan fingerprint density at radius 2 is 1.54 bits per heavy atom. The molecule has 3 aromatic carbocycles. The van der Waals surface area contributed by atoms with E-state index in [0.717, 1.165) is 5.56 Å². The number of carbonyl (C=O) groups excluding carboxylic acids is 2. The molecule has 2 amide bonds. The van der Waals surface area contributed by atoms with Gasteiger partial charge in [-0.25, -0.2) is 0 Å². The van der Waals surface area contributed by atoms with E-state index in [0.29, 0.717) is 33.1 Å². The van der Waals surface area contributed by atoms with Crippen molar-refractivity contribution in [2.75, 3.05) is 10.6 Å². The maximum Gasteiger partial charge on any atom is 0.255 e. The van der Waals surface area contributed by atoms with Crippen molar-refractivity contribution in [1.29, 1.82) is 5.26 Å². The van der Waals surface area contributed by atoms with E-state index in [2.05, 4.69) is 10.6 Å². The van der Waals surface area contributed by atoms with Crippen molar-refractivity contribution in [3.63, 3.8) is 0 Å². The number of nitrogens with one attached hydrogen (secondary N) is 2. The van der Waals surface area contributed by atoms with Gasteiger partial charge >= 0.3 is 0 Å². The molecule has 3 aromatic rings. The van der Waals surface area contributed by atoms with Gasteiger partial charge in [-0.05, 0) is 61.0 Å². The number of carbonyl (C=O) groups is 2. The van der Waals surface area contributed by atoms with Crippen LogP contribution < -0.4 is 10.6 Å². The van der Waals surface area contributed by atoms with E-state index in [-0.39, 0.29) is 11.8 Å². The maximum atomic E-state index is 12.6. The zero-order valence-electron chi connectivity index (χ0n) is 15.0. The summed E-state index contributed by atoms with van der Waals surface area (Å²) < 4.78 is 0. The monoisotopic (exact) mass is 389 g/mol. The second kappa shape index (κ2) is 8.38. The molecular formula is C22H16ClN3O2. The first kappa shape index (κ1) is 19.2. The predicted molar refractivity (Wildman–Crippen MR) is 110 cm³/mol. The molecule has 2 N–H and O–H groups in total. The number of amides is 2. The first-order valence-corrected chi connectivity index (χ1v) is 8.84. The molecule has 0 radical (unpaired) electrons. The average Bonchev–Trinajstić information content (AvgIpc) is 2.71. The van der Waals surface area contributed by atoms with Crippen molar-refractivity contribution >= 4 is 34.8 Å². The van der Waals surface area contributed by atoms with Crippen LogP contribution in [0.25, 0.3) is 0 Å². The SMILES string of the molecule is Cc1c(Cl)cccc1NC(=O)c1cccc(C(=O)Nc2cccc(C#N)c2)c1. The molecule has 0 spiro atoms. The summed E-state index contributed by atoms with van der Waals surface area (Å²) in [5.41, 5.74) is 3.01. The normalized spacial score (nSPS) is 10.0. The summed E-state index contributed by atoms with van der Waals surface area (Å²) in [4.78, 5) is 25.1. The fourth-order valence-corrected chi connectivity index (χ4v) is 2.78. The molecule has 28 heavy (non-hydrogen) atoms. The lowest BCUT2D eigenvalue weighted by molar-refractivity contribution is 0.102. The number of nitrogens with zero attached hydrogens (tertiary/aromatic N) is 1. The Labute approximate surface area is 167 Å². The Bertz CT molecular complexity index is 1100. The van der Waals surface area contributed by atoms with Crippen LogP contribution in [-0.4, -0.2) is 11.8 Å². The molecule has 0 bridgehead atoms. The summed E-state index contributed by atoms with van der Waals surface area (Å²) in [7, 11) is 0. The molecule has 5 nitrogen and oxygen atoms in total. The van der Waals surface area contributed by atoms with Crippen molar-refractivity contribution in [3.8, 4) is 6.07 Å². The van der Waals surface area contributed by atoms with Gasteiger partial charge in [-0.3, -0.25) is 9.59 Å². The van der Waals surface area contributed by atoms with E-state index in [1.54, 1.807) is 60.7 Å². The molecule has 0 aromatic heterocycles. The van der Waals surface area contributed by atoms with Crippen LogP contribution in [0.5, 0.6) is 0 Å². The van der Waals surface area contributed by atoms with Crippen LogP contribution in [0.2, 0.25) is 5.02 Å². The minimum Gasteiger partial charge on any atom is -0.322 e. The molecule has 0 unspecified atom stereocenters. The van der Waals surface area contributed by atoms with Crippen LogP contribution in [0.15, 0.2) is 66.7 Å². The third kappa shape index (κ3) is 4.37. The number of rotatable bonds is 4. The van der Waals surface area contributed by atoms with Crippen molar-refractivity contribution < 1.29 is 9.59 Å². The largest absolute Gasteiger partial charge is 0.322 e. The van der Waals surface area contributed by atoms with Crippen LogP contribution in [0.3, 0.4) is 0 Å². The molecule has 0 aliphatic rings. The molecule has 138 valence electrons. The van der Waals surface area contributed by atoms with Gasteiger partial charge in [0.1, 0.15) is 0 Å². The zero-order chi connectivity index (χ0) is 20.1. The lowest BCUT2D eigenvalue weighted by atomic mass is 10.1. The van der Waals surface area contributed by atoms with Gasteiger partial charge in [0.25, 0.3) is 11.8 Å². The van der Waals surface area contributed by atoms with Gasteiger partial charge in [-0.15, -0.1) is 0 Å². The molecule has 6 heteroatoms. The van der Waals surface area contributed by atoms with Gasteiger partial charge in [-0.2, -0.15) is 5.26 Å². The summed E-state index contributed by atoms with van der Waals surface area (Å²) >= 11 is 6.08. The highest BCUT2D eigenvalue weighted by Crippen LogP contribution is 2.23. The number of anilines is 2. The predicted octanol–water partition coefficient (Wildman–Crippen LogP) is 5.02. The number of benzene rings is 3. The molecule has 0 aliphatic heterocycles. The Morgan fingerprint density at radius 1 is 0.893 bits per heavy atom. The van der Waals surface area contributed by atoms with Gasteiger partial charge in [-0.1, -0.05) is 29.8 Å². The Morgan fingerprint density at radius 3 is 2.25 bits per heavy atom. The summed E-state index contributed by atoms with van der Waals surface area (Å²) in [5.74, 6) is -0.713. The number of halogens is 1. The minimum absolute atomic E-state index is 0.331. The average molecular weight is 390 g/mol. The first-order valence-electron chi connectivity index (χ1n) is 8.46. The van der Waals surface area contributed by atoms with Gasteiger partial charge in [0.05, 0.1) is 11.6 Å².